The van der Waals surface area contributed by atoms with E-state index in [1.54, 1.807) is 0 Å². The Morgan fingerprint density at radius 2 is 2.35 bits per heavy atom. The molecule has 4 nitrogen and oxygen atoms in total. The zero-order valence-electron chi connectivity index (χ0n) is 9.04. The van der Waals surface area contributed by atoms with E-state index in [9.17, 15) is 14.5 Å². The minimum atomic E-state index is -0.684. The summed E-state index contributed by atoms with van der Waals surface area (Å²) in [5, 5.41) is 13.6. The minimum absolute atomic E-state index is 0.150. The van der Waals surface area contributed by atoms with Gasteiger partial charge in [0.05, 0.1) is 21.5 Å². The van der Waals surface area contributed by atoms with E-state index >= 15 is 0 Å². The number of halogens is 2. The van der Waals surface area contributed by atoms with Crippen LogP contribution in [0.15, 0.2) is 16.6 Å². The van der Waals surface area contributed by atoms with Crippen molar-refractivity contribution in [2.24, 2.45) is 0 Å². The highest BCUT2D eigenvalue weighted by molar-refractivity contribution is 9.10. The molecule has 1 rings (SSSR count). The van der Waals surface area contributed by atoms with Crippen molar-refractivity contribution in [1.29, 1.82) is 0 Å². The van der Waals surface area contributed by atoms with Crippen LogP contribution in [0.3, 0.4) is 0 Å². The van der Waals surface area contributed by atoms with Gasteiger partial charge in [0.15, 0.2) is 0 Å². The fourth-order valence-electron chi connectivity index (χ4n) is 1.25. The number of nitrogens with zero attached hydrogens (tertiary/aromatic N) is 1. The first-order valence-corrected chi connectivity index (χ1v) is 5.65. The van der Waals surface area contributed by atoms with Crippen molar-refractivity contribution in [3.05, 3.63) is 32.5 Å². The van der Waals surface area contributed by atoms with Crippen molar-refractivity contribution in [1.82, 2.24) is 0 Å². The first-order valence-electron chi connectivity index (χ1n) is 4.85. The van der Waals surface area contributed by atoms with Gasteiger partial charge in [0.1, 0.15) is 11.5 Å². The standard InChI is InChI=1S/C11H10BrFN2O2/c1-3-7(4-2)14-10-5-8(12)9(13)6-11(10)15(16)17/h1,5-7,14H,4H2,2H3. The molecule has 1 unspecified atom stereocenters. The molecular weight excluding hydrogens is 291 g/mol. The molecule has 0 heterocycles. The molecule has 0 spiro atoms. The minimum Gasteiger partial charge on any atom is -0.366 e. The molecule has 0 aliphatic rings. The zero-order valence-corrected chi connectivity index (χ0v) is 10.6. The summed E-state index contributed by atoms with van der Waals surface area (Å²) in [6.45, 7) is 1.85. The Morgan fingerprint density at radius 3 is 2.82 bits per heavy atom. The molecule has 1 atom stereocenters. The third-order valence-electron chi connectivity index (χ3n) is 2.17. The molecule has 0 aliphatic heterocycles. The predicted molar refractivity (Wildman–Crippen MR) is 67.3 cm³/mol. The fraction of sp³-hybridized carbons (Fsp3) is 0.273. The maximum atomic E-state index is 13.2. The van der Waals surface area contributed by atoms with Crippen LogP contribution in [0.1, 0.15) is 13.3 Å². The Bertz CT molecular complexity index is 485. The van der Waals surface area contributed by atoms with E-state index in [0.29, 0.717) is 6.42 Å². The molecule has 0 aromatic heterocycles. The number of hydrogen-bond acceptors (Lipinski definition) is 3. The molecule has 0 saturated heterocycles. The van der Waals surface area contributed by atoms with Gasteiger partial charge in [-0.15, -0.1) is 6.42 Å². The Kier molecular flexibility index (Phi) is 4.46. The predicted octanol–water partition coefficient (Wildman–Crippen LogP) is 3.32. The van der Waals surface area contributed by atoms with Crippen molar-refractivity contribution in [2.45, 2.75) is 19.4 Å². The highest BCUT2D eigenvalue weighted by atomic mass is 79.9. The largest absolute Gasteiger partial charge is 0.366 e. The SMILES string of the molecule is C#CC(CC)Nc1cc(Br)c(F)cc1[N+](=O)[O-]. The molecule has 0 amide bonds. The van der Waals surface area contributed by atoms with Crippen LogP contribution in [-0.2, 0) is 0 Å². The lowest BCUT2D eigenvalue weighted by Gasteiger charge is -2.12. The second kappa shape index (κ2) is 5.64. The van der Waals surface area contributed by atoms with Crippen LogP contribution in [0.2, 0.25) is 0 Å². The number of rotatable bonds is 4. The van der Waals surface area contributed by atoms with E-state index in [1.807, 2.05) is 6.92 Å². The lowest BCUT2D eigenvalue weighted by Crippen LogP contribution is -2.16. The highest BCUT2D eigenvalue weighted by Crippen LogP contribution is 2.31. The van der Waals surface area contributed by atoms with E-state index in [2.05, 4.69) is 27.2 Å². The Balaban J connectivity index is 3.18. The van der Waals surface area contributed by atoms with E-state index in [1.165, 1.54) is 6.07 Å². The van der Waals surface area contributed by atoms with Crippen LogP contribution >= 0.6 is 15.9 Å². The summed E-state index contributed by atoms with van der Waals surface area (Å²) in [6.07, 6.45) is 5.87. The average molecular weight is 301 g/mol. The third-order valence-corrected chi connectivity index (χ3v) is 2.78. The molecule has 0 saturated carbocycles. The van der Waals surface area contributed by atoms with Gasteiger partial charge >= 0.3 is 0 Å². The summed E-state index contributed by atoms with van der Waals surface area (Å²) in [5.74, 6) is 1.77. The van der Waals surface area contributed by atoms with Crippen LogP contribution in [-0.4, -0.2) is 11.0 Å². The second-order valence-corrected chi connectivity index (χ2v) is 4.17. The van der Waals surface area contributed by atoms with Gasteiger partial charge < -0.3 is 5.32 Å². The molecule has 0 bridgehead atoms. The number of nitro groups is 1. The van der Waals surface area contributed by atoms with Gasteiger partial charge in [-0.3, -0.25) is 10.1 Å². The summed E-state index contributed by atoms with van der Waals surface area (Å²) in [6, 6.07) is 1.84. The fourth-order valence-corrected chi connectivity index (χ4v) is 1.60. The number of terminal acetylenes is 1. The quantitative estimate of drug-likeness (QED) is 0.527. The summed E-state index contributed by atoms with van der Waals surface area (Å²) < 4.78 is 13.4. The number of hydrogen-bond donors (Lipinski definition) is 1. The molecule has 0 aliphatic carbocycles. The Labute approximate surface area is 106 Å². The molecule has 90 valence electrons. The first kappa shape index (κ1) is 13.5. The summed E-state index contributed by atoms with van der Waals surface area (Å²) in [5.41, 5.74) is -0.132. The molecule has 1 aromatic rings. The van der Waals surface area contributed by atoms with Gasteiger partial charge in [-0.1, -0.05) is 12.8 Å². The van der Waals surface area contributed by atoms with E-state index < -0.39 is 10.7 Å². The van der Waals surface area contributed by atoms with Crippen molar-refractivity contribution < 1.29 is 9.31 Å². The Morgan fingerprint density at radius 1 is 1.71 bits per heavy atom. The molecule has 1 N–H and O–H groups in total. The highest BCUT2D eigenvalue weighted by Gasteiger charge is 2.19. The van der Waals surface area contributed by atoms with Gasteiger partial charge in [0.2, 0.25) is 0 Å². The summed E-state index contributed by atoms with van der Waals surface area (Å²) >= 11 is 2.97. The lowest BCUT2D eigenvalue weighted by molar-refractivity contribution is -0.384. The summed E-state index contributed by atoms with van der Waals surface area (Å²) in [7, 11) is 0. The van der Waals surface area contributed by atoms with E-state index in [4.69, 9.17) is 6.42 Å². The molecule has 0 fully saturated rings. The number of anilines is 1. The zero-order chi connectivity index (χ0) is 13.0. The number of nitrogens with one attached hydrogen (secondary N) is 1. The smallest absolute Gasteiger partial charge is 0.295 e. The topological polar surface area (TPSA) is 55.2 Å². The normalized spacial score (nSPS) is 11.6. The van der Waals surface area contributed by atoms with Gasteiger partial charge in [0.25, 0.3) is 5.69 Å². The van der Waals surface area contributed by atoms with Crippen molar-refractivity contribution in [3.8, 4) is 12.3 Å². The summed E-state index contributed by atoms with van der Waals surface area (Å²) in [4.78, 5) is 10.1. The Hall–Kier alpha value is -1.61. The maximum absolute atomic E-state index is 13.2. The number of benzene rings is 1. The van der Waals surface area contributed by atoms with Gasteiger partial charge in [-0.25, -0.2) is 4.39 Å². The van der Waals surface area contributed by atoms with Crippen LogP contribution in [0.5, 0.6) is 0 Å². The molecule has 6 heteroatoms. The molecule has 17 heavy (non-hydrogen) atoms. The number of nitro benzene ring substituents is 1. The second-order valence-electron chi connectivity index (χ2n) is 3.31. The monoisotopic (exact) mass is 300 g/mol. The molecule has 0 radical (unpaired) electrons. The van der Waals surface area contributed by atoms with Crippen LogP contribution < -0.4 is 5.32 Å². The van der Waals surface area contributed by atoms with Crippen molar-refractivity contribution in [2.75, 3.05) is 5.32 Å². The lowest BCUT2D eigenvalue weighted by atomic mass is 10.2. The maximum Gasteiger partial charge on any atom is 0.295 e. The van der Waals surface area contributed by atoms with Crippen LogP contribution in [0.25, 0.3) is 0 Å². The average Bonchev–Trinajstić information content (AvgIpc) is 2.29. The van der Waals surface area contributed by atoms with Gasteiger partial charge in [-0.05, 0) is 28.4 Å². The van der Waals surface area contributed by atoms with E-state index in [0.717, 1.165) is 6.07 Å². The van der Waals surface area contributed by atoms with Crippen LogP contribution in [0.4, 0.5) is 15.8 Å². The van der Waals surface area contributed by atoms with Crippen LogP contribution in [0, 0.1) is 28.3 Å². The molecule has 1 aromatic carbocycles. The van der Waals surface area contributed by atoms with Gasteiger partial charge in [0, 0.05) is 0 Å². The van der Waals surface area contributed by atoms with E-state index in [-0.39, 0.29) is 21.9 Å². The molecular formula is C11H10BrFN2O2. The third kappa shape index (κ3) is 3.17. The van der Waals surface area contributed by atoms with Crippen molar-refractivity contribution in [3.63, 3.8) is 0 Å². The first-order chi connectivity index (χ1) is 7.99. The van der Waals surface area contributed by atoms with Gasteiger partial charge in [-0.2, -0.15) is 0 Å². The van der Waals surface area contributed by atoms with Crippen molar-refractivity contribution >= 4 is 27.3 Å².